The number of thiazole rings is 1. The number of nitrogens with zero attached hydrogens (tertiary/aromatic N) is 1. The van der Waals surface area contributed by atoms with Crippen molar-refractivity contribution in [2.24, 2.45) is 0 Å². The number of hydrogen-bond donors (Lipinski definition) is 1. The summed E-state index contributed by atoms with van der Waals surface area (Å²) in [5.74, 6) is 0.643. The first-order valence-electron chi connectivity index (χ1n) is 10.1. The number of aromatic nitrogens is 1. The van der Waals surface area contributed by atoms with Gasteiger partial charge in [0.05, 0.1) is 22.9 Å². The topological polar surface area (TPSA) is 77.5 Å². The number of fused-ring (bicyclic) bond motifs is 1. The lowest BCUT2D eigenvalue weighted by molar-refractivity contribution is -0.118. The Kier molecular flexibility index (Phi) is 6.28. The van der Waals surface area contributed by atoms with Gasteiger partial charge in [-0.05, 0) is 54.7 Å². The third-order valence-electron chi connectivity index (χ3n) is 5.38. The van der Waals surface area contributed by atoms with Crippen molar-refractivity contribution < 1.29 is 19.1 Å². The maximum absolute atomic E-state index is 12.3. The fraction of sp³-hybridized carbons (Fsp3) is 0.348. The van der Waals surface area contributed by atoms with Crippen LogP contribution in [0.4, 0.5) is 5.13 Å². The predicted molar refractivity (Wildman–Crippen MR) is 117 cm³/mol. The molecule has 0 radical (unpaired) electrons. The summed E-state index contributed by atoms with van der Waals surface area (Å²) in [6, 6.07) is 13.2. The minimum atomic E-state index is -0.404. The minimum absolute atomic E-state index is 0.0912. The highest BCUT2D eigenvalue weighted by Crippen LogP contribution is 2.33. The number of amides is 1. The van der Waals surface area contributed by atoms with Gasteiger partial charge in [0, 0.05) is 0 Å². The molecule has 1 fully saturated rings. The van der Waals surface area contributed by atoms with Crippen LogP contribution in [0.25, 0.3) is 10.2 Å². The van der Waals surface area contributed by atoms with Crippen molar-refractivity contribution in [2.75, 3.05) is 19.0 Å². The molecule has 6 nitrogen and oxygen atoms in total. The number of carbonyl (C=O) groups excluding carboxylic acids is 2. The predicted octanol–water partition coefficient (Wildman–Crippen LogP) is 5.15. The van der Waals surface area contributed by atoms with E-state index in [1.807, 2.05) is 12.1 Å². The molecule has 30 heavy (non-hydrogen) atoms. The first-order valence-corrected chi connectivity index (χ1v) is 11.0. The lowest BCUT2D eigenvalue weighted by Gasteiger charge is -2.22. The van der Waals surface area contributed by atoms with Gasteiger partial charge in [0.25, 0.3) is 5.91 Å². The number of benzene rings is 2. The molecule has 1 amide bonds. The summed E-state index contributed by atoms with van der Waals surface area (Å²) >= 11 is 1.30. The summed E-state index contributed by atoms with van der Waals surface area (Å²) < 4.78 is 11.2. The van der Waals surface area contributed by atoms with Gasteiger partial charge in [-0.2, -0.15) is 0 Å². The van der Waals surface area contributed by atoms with E-state index >= 15 is 0 Å². The van der Waals surface area contributed by atoms with E-state index in [0.717, 1.165) is 4.70 Å². The van der Waals surface area contributed by atoms with E-state index < -0.39 is 5.97 Å². The molecule has 0 saturated heterocycles. The van der Waals surface area contributed by atoms with Crippen LogP contribution >= 0.6 is 11.3 Å². The van der Waals surface area contributed by atoms with Gasteiger partial charge in [-0.25, -0.2) is 9.78 Å². The van der Waals surface area contributed by atoms with Gasteiger partial charge in [0.2, 0.25) is 0 Å². The second-order valence-corrected chi connectivity index (χ2v) is 8.46. The molecular weight excluding hydrogens is 400 g/mol. The molecule has 0 aliphatic heterocycles. The lowest BCUT2D eigenvalue weighted by atomic mass is 9.84. The molecule has 1 saturated carbocycles. The molecular formula is C23H24N2O4S. The summed E-state index contributed by atoms with van der Waals surface area (Å²) in [6.07, 6.45) is 6.46. The van der Waals surface area contributed by atoms with E-state index in [9.17, 15) is 9.59 Å². The zero-order chi connectivity index (χ0) is 20.9. The molecule has 1 aliphatic rings. The van der Waals surface area contributed by atoms with Crippen LogP contribution in [-0.4, -0.2) is 30.6 Å². The number of ether oxygens (including phenoxy) is 2. The minimum Gasteiger partial charge on any atom is -0.484 e. The Balaban J connectivity index is 1.32. The van der Waals surface area contributed by atoms with Crippen molar-refractivity contribution in [3.05, 3.63) is 53.6 Å². The smallest absolute Gasteiger partial charge is 0.337 e. The van der Waals surface area contributed by atoms with Gasteiger partial charge < -0.3 is 9.47 Å². The molecule has 0 spiro atoms. The largest absolute Gasteiger partial charge is 0.484 e. The summed E-state index contributed by atoms with van der Waals surface area (Å²) in [5, 5.41) is 3.22. The van der Waals surface area contributed by atoms with E-state index in [2.05, 4.69) is 22.4 Å². The van der Waals surface area contributed by atoms with Crippen LogP contribution in [0.5, 0.6) is 5.75 Å². The van der Waals surface area contributed by atoms with Gasteiger partial charge in [0.15, 0.2) is 11.7 Å². The molecule has 0 bridgehead atoms. The monoisotopic (exact) mass is 424 g/mol. The SMILES string of the molecule is COC(=O)c1ccc2nc(NC(=O)COc3ccc(C4CCCCC4)cc3)sc2c1. The number of nitrogens with one attached hydrogen (secondary N) is 1. The number of carbonyl (C=O) groups is 2. The highest BCUT2D eigenvalue weighted by atomic mass is 32.1. The Labute approximate surface area is 179 Å². The lowest BCUT2D eigenvalue weighted by Crippen LogP contribution is -2.20. The van der Waals surface area contributed by atoms with E-state index in [-0.39, 0.29) is 12.5 Å². The van der Waals surface area contributed by atoms with Crippen LogP contribution in [0.15, 0.2) is 42.5 Å². The van der Waals surface area contributed by atoms with Crippen LogP contribution in [0.1, 0.15) is 53.9 Å². The summed E-state index contributed by atoms with van der Waals surface area (Å²) in [6.45, 7) is -0.0912. The van der Waals surface area contributed by atoms with Crippen molar-refractivity contribution in [1.82, 2.24) is 4.98 Å². The van der Waals surface area contributed by atoms with E-state index in [1.165, 1.54) is 56.1 Å². The standard InChI is InChI=1S/C23H24N2O4S/c1-28-22(27)17-9-12-19-20(13-17)30-23(24-19)25-21(26)14-29-18-10-7-16(8-11-18)15-5-3-2-4-6-15/h7-13,15H,2-6,14H2,1H3,(H,24,25,26). The molecule has 0 atom stereocenters. The molecule has 2 aromatic carbocycles. The van der Waals surface area contributed by atoms with E-state index in [0.29, 0.717) is 27.9 Å². The number of esters is 1. The Morgan fingerprint density at radius 3 is 2.60 bits per heavy atom. The summed E-state index contributed by atoms with van der Waals surface area (Å²) in [4.78, 5) is 28.3. The Morgan fingerprint density at radius 2 is 1.87 bits per heavy atom. The third kappa shape index (κ3) is 4.79. The highest BCUT2D eigenvalue weighted by molar-refractivity contribution is 7.22. The van der Waals surface area contributed by atoms with Gasteiger partial charge >= 0.3 is 5.97 Å². The number of rotatable bonds is 6. The fourth-order valence-corrected chi connectivity index (χ4v) is 4.72. The summed E-state index contributed by atoms with van der Waals surface area (Å²) in [7, 11) is 1.34. The van der Waals surface area contributed by atoms with Gasteiger partial charge in [0.1, 0.15) is 5.75 Å². The first-order chi connectivity index (χ1) is 14.6. The molecule has 1 aliphatic carbocycles. The quantitative estimate of drug-likeness (QED) is 0.554. The van der Waals surface area contributed by atoms with Gasteiger partial charge in [-0.3, -0.25) is 10.1 Å². The molecule has 0 unspecified atom stereocenters. The van der Waals surface area contributed by atoms with E-state index in [4.69, 9.17) is 9.47 Å². The van der Waals surface area contributed by atoms with E-state index in [1.54, 1.807) is 18.2 Å². The van der Waals surface area contributed by atoms with Crippen molar-refractivity contribution in [1.29, 1.82) is 0 Å². The zero-order valence-corrected chi connectivity index (χ0v) is 17.7. The van der Waals surface area contributed by atoms with Crippen LogP contribution < -0.4 is 10.1 Å². The van der Waals surface area contributed by atoms with Gasteiger partial charge in [-0.1, -0.05) is 42.7 Å². The highest BCUT2D eigenvalue weighted by Gasteiger charge is 2.16. The third-order valence-corrected chi connectivity index (χ3v) is 6.32. The Bertz CT molecular complexity index is 1040. The molecule has 1 N–H and O–H groups in total. The van der Waals surface area contributed by atoms with Crippen molar-refractivity contribution in [3.8, 4) is 5.75 Å². The number of methoxy groups -OCH3 is 1. The molecule has 4 rings (SSSR count). The maximum Gasteiger partial charge on any atom is 0.337 e. The Morgan fingerprint density at radius 1 is 1.10 bits per heavy atom. The number of anilines is 1. The fourth-order valence-electron chi connectivity index (χ4n) is 3.80. The molecule has 1 heterocycles. The molecule has 7 heteroatoms. The Hall–Kier alpha value is -2.93. The second kappa shape index (κ2) is 9.26. The van der Waals surface area contributed by atoms with Crippen molar-refractivity contribution in [3.63, 3.8) is 0 Å². The average Bonchev–Trinajstić information content (AvgIpc) is 3.19. The maximum atomic E-state index is 12.3. The second-order valence-electron chi connectivity index (χ2n) is 7.43. The first kappa shape index (κ1) is 20.3. The molecule has 1 aromatic heterocycles. The summed E-state index contributed by atoms with van der Waals surface area (Å²) in [5.41, 5.74) is 2.51. The van der Waals surface area contributed by atoms with Crippen LogP contribution in [0.2, 0.25) is 0 Å². The number of hydrogen-bond acceptors (Lipinski definition) is 6. The van der Waals surface area contributed by atoms with Crippen molar-refractivity contribution >= 4 is 38.6 Å². The van der Waals surface area contributed by atoms with Crippen LogP contribution in [-0.2, 0) is 9.53 Å². The molecule has 156 valence electrons. The normalized spacial score (nSPS) is 14.4. The average molecular weight is 425 g/mol. The molecule has 3 aromatic rings. The van der Waals surface area contributed by atoms with Crippen molar-refractivity contribution in [2.45, 2.75) is 38.0 Å². The van der Waals surface area contributed by atoms with Gasteiger partial charge in [-0.15, -0.1) is 0 Å². The zero-order valence-electron chi connectivity index (χ0n) is 16.8. The van der Waals surface area contributed by atoms with Crippen LogP contribution in [0.3, 0.4) is 0 Å². The van der Waals surface area contributed by atoms with Crippen LogP contribution in [0, 0.1) is 0 Å².